The zero-order chi connectivity index (χ0) is 33.9. The Morgan fingerprint density at radius 2 is 0.720 bits per heavy atom. The lowest BCUT2D eigenvalue weighted by Crippen LogP contribution is -2.01. The average molecular weight is 643 g/mol. The first kappa shape index (κ1) is 29.6. The number of hydrogen-bond acceptors (Lipinski definition) is 2. The molecule has 0 bridgehead atoms. The molecule has 0 saturated carbocycles. The molecule has 4 heteroatoms. The molecule has 4 nitrogen and oxygen atoms in total. The summed E-state index contributed by atoms with van der Waals surface area (Å²) in [6, 6.07) is 51.5. The summed E-state index contributed by atoms with van der Waals surface area (Å²) in [6.45, 7) is 4.31. The van der Waals surface area contributed by atoms with Gasteiger partial charge in [-0.25, -0.2) is 0 Å². The van der Waals surface area contributed by atoms with Crippen molar-refractivity contribution < 1.29 is 0 Å². The highest BCUT2D eigenvalue weighted by molar-refractivity contribution is 6.10. The lowest BCUT2D eigenvalue weighted by molar-refractivity contribution is 1.15. The molecule has 0 aliphatic rings. The highest BCUT2D eigenvalue weighted by atomic mass is 15.0. The van der Waals surface area contributed by atoms with Gasteiger partial charge < -0.3 is 20.0 Å². The van der Waals surface area contributed by atoms with Gasteiger partial charge in [0.1, 0.15) is 0 Å². The zero-order valence-corrected chi connectivity index (χ0v) is 27.9. The Morgan fingerprint density at radius 1 is 0.400 bits per heavy atom. The number of hydrogen-bond donors (Lipinski definition) is 2. The maximum absolute atomic E-state index is 8.52. The number of fused-ring (bicyclic) bond motifs is 6. The van der Waals surface area contributed by atoms with Gasteiger partial charge in [-0.05, 0) is 95.8 Å². The SMILES string of the molecule is Cc1cc(-c2ccc(-c3ccc(-n4c5ccccc5c5ccccc54)c(C)c3)c(C=N)c2C=N)ccc1-n1c2ccccc2c2ccccc21. The van der Waals surface area contributed by atoms with Gasteiger partial charge in [0.2, 0.25) is 0 Å². The van der Waals surface area contributed by atoms with E-state index in [-0.39, 0.29) is 0 Å². The van der Waals surface area contributed by atoms with Gasteiger partial charge in [0, 0.05) is 56.5 Å². The minimum absolute atomic E-state index is 0.741. The van der Waals surface area contributed by atoms with Crippen LogP contribution in [-0.2, 0) is 0 Å². The third-order valence-electron chi connectivity index (χ3n) is 10.2. The Hall–Kier alpha value is -6.52. The lowest BCUT2D eigenvalue weighted by Gasteiger charge is -2.18. The quantitative estimate of drug-likeness (QED) is 0.170. The maximum Gasteiger partial charge on any atom is 0.0541 e. The van der Waals surface area contributed by atoms with Crippen molar-refractivity contribution in [2.45, 2.75) is 13.8 Å². The van der Waals surface area contributed by atoms with Crippen molar-refractivity contribution in [1.29, 1.82) is 10.8 Å². The largest absolute Gasteiger partial charge is 0.309 e. The second-order valence-electron chi connectivity index (χ2n) is 13.0. The van der Waals surface area contributed by atoms with E-state index in [1.807, 2.05) is 0 Å². The summed E-state index contributed by atoms with van der Waals surface area (Å²) in [4.78, 5) is 0. The number of benzene rings is 7. The third kappa shape index (κ3) is 4.39. The first-order valence-electron chi connectivity index (χ1n) is 16.9. The summed E-state index contributed by atoms with van der Waals surface area (Å²) in [6.07, 6.45) is 2.80. The van der Waals surface area contributed by atoms with E-state index in [0.29, 0.717) is 0 Å². The van der Waals surface area contributed by atoms with Gasteiger partial charge in [-0.15, -0.1) is 0 Å². The number of nitrogens with zero attached hydrogens (tertiary/aromatic N) is 2. The van der Waals surface area contributed by atoms with Gasteiger partial charge in [-0.3, -0.25) is 0 Å². The first-order chi connectivity index (χ1) is 24.6. The molecule has 238 valence electrons. The fraction of sp³-hybridized carbons (Fsp3) is 0.0435. The molecule has 0 spiro atoms. The van der Waals surface area contributed by atoms with Crippen LogP contribution in [0.1, 0.15) is 22.3 Å². The highest BCUT2D eigenvalue weighted by Crippen LogP contribution is 2.38. The molecular formula is C46H34N4. The summed E-state index contributed by atoms with van der Waals surface area (Å²) < 4.78 is 4.69. The minimum Gasteiger partial charge on any atom is -0.309 e. The number of aromatic nitrogens is 2. The molecule has 0 unspecified atom stereocenters. The van der Waals surface area contributed by atoms with E-state index in [1.54, 1.807) is 0 Å². The second-order valence-corrected chi connectivity index (χ2v) is 13.0. The number of para-hydroxylation sites is 4. The van der Waals surface area contributed by atoms with Crippen molar-refractivity contribution in [2.24, 2.45) is 0 Å². The molecule has 7 aromatic carbocycles. The standard InChI is InChI=1S/C46H34N4/c1-29-25-31(19-23-41(29)49-43-15-7-3-11-35(43)36-12-4-8-16-44(36)49)33-21-22-34(40(28-48)39(33)27-47)32-20-24-42(30(2)26-32)50-45-17-9-5-13-37(45)38-14-6-10-18-46(38)50/h3-28,47-48H,1-2H3. The van der Waals surface area contributed by atoms with Gasteiger partial charge in [0.05, 0.1) is 22.1 Å². The van der Waals surface area contributed by atoms with E-state index in [4.69, 9.17) is 10.8 Å². The molecule has 2 N–H and O–H groups in total. The molecule has 0 aliphatic carbocycles. The predicted octanol–water partition coefficient (Wildman–Crippen LogP) is 11.8. The van der Waals surface area contributed by atoms with Crippen LogP contribution in [0.4, 0.5) is 0 Å². The van der Waals surface area contributed by atoms with Crippen LogP contribution in [0.3, 0.4) is 0 Å². The van der Waals surface area contributed by atoms with E-state index in [0.717, 1.165) is 55.9 Å². The molecule has 9 rings (SSSR count). The Kier molecular flexibility index (Phi) is 6.85. The van der Waals surface area contributed by atoms with Crippen molar-refractivity contribution in [2.75, 3.05) is 0 Å². The number of rotatable bonds is 6. The molecule has 9 aromatic rings. The molecule has 2 aromatic heterocycles. The molecule has 0 atom stereocenters. The second kappa shape index (κ2) is 11.6. The zero-order valence-electron chi connectivity index (χ0n) is 27.9. The summed E-state index contributed by atoms with van der Waals surface area (Å²) in [7, 11) is 0. The van der Waals surface area contributed by atoms with Gasteiger partial charge in [0.25, 0.3) is 0 Å². The van der Waals surface area contributed by atoms with Crippen LogP contribution in [0.5, 0.6) is 0 Å². The normalized spacial score (nSPS) is 11.6. The van der Waals surface area contributed by atoms with Gasteiger partial charge in [-0.2, -0.15) is 0 Å². The highest BCUT2D eigenvalue weighted by Gasteiger charge is 2.18. The number of aryl methyl sites for hydroxylation is 2. The smallest absolute Gasteiger partial charge is 0.0541 e. The Bertz CT molecular complexity index is 2530. The fourth-order valence-electron chi connectivity index (χ4n) is 7.96. The van der Waals surface area contributed by atoms with E-state index in [2.05, 4.69) is 169 Å². The predicted molar refractivity (Wildman–Crippen MR) is 211 cm³/mol. The Morgan fingerprint density at radius 3 is 1.02 bits per heavy atom. The fourth-order valence-corrected chi connectivity index (χ4v) is 7.96. The third-order valence-corrected chi connectivity index (χ3v) is 10.2. The van der Waals surface area contributed by atoms with Crippen LogP contribution in [0.2, 0.25) is 0 Å². The van der Waals surface area contributed by atoms with E-state index in [9.17, 15) is 0 Å². The molecule has 0 radical (unpaired) electrons. The van der Waals surface area contributed by atoms with Crippen molar-refractivity contribution >= 4 is 56.0 Å². The monoisotopic (exact) mass is 642 g/mol. The molecular weight excluding hydrogens is 609 g/mol. The van der Waals surface area contributed by atoms with Gasteiger partial charge in [0.15, 0.2) is 0 Å². The Labute approximate surface area is 290 Å². The van der Waals surface area contributed by atoms with Gasteiger partial charge in [-0.1, -0.05) is 97.1 Å². The van der Waals surface area contributed by atoms with Crippen molar-refractivity contribution in [3.8, 4) is 33.6 Å². The van der Waals surface area contributed by atoms with Crippen molar-refractivity contribution in [3.05, 3.63) is 168 Å². The summed E-state index contributed by atoms with van der Waals surface area (Å²) in [5.41, 5.74) is 14.7. The topological polar surface area (TPSA) is 57.6 Å². The Balaban J connectivity index is 1.14. The lowest BCUT2D eigenvalue weighted by atomic mass is 9.89. The van der Waals surface area contributed by atoms with E-state index < -0.39 is 0 Å². The van der Waals surface area contributed by atoms with E-state index in [1.165, 1.54) is 56.0 Å². The maximum atomic E-state index is 8.52. The number of nitrogens with one attached hydrogen (secondary N) is 2. The van der Waals surface area contributed by atoms with Crippen LogP contribution < -0.4 is 0 Å². The average Bonchev–Trinajstić information content (AvgIpc) is 3.67. The molecule has 0 saturated heterocycles. The van der Waals surface area contributed by atoms with Crippen molar-refractivity contribution in [3.63, 3.8) is 0 Å². The van der Waals surface area contributed by atoms with Crippen LogP contribution in [0.15, 0.2) is 146 Å². The summed E-state index contributed by atoms with van der Waals surface area (Å²) in [5.74, 6) is 0. The van der Waals surface area contributed by atoms with E-state index >= 15 is 0 Å². The first-order valence-corrected chi connectivity index (χ1v) is 16.9. The van der Waals surface area contributed by atoms with Crippen LogP contribution in [-0.4, -0.2) is 21.6 Å². The van der Waals surface area contributed by atoms with Crippen LogP contribution in [0.25, 0.3) is 77.2 Å². The van der Waals surface area contributed by atoms with Crippen molar-refractivity contribution in [1.82, 2.24) is 9.13 Å². The molecule has 0 amide bonds. The van der Waals surface area contributed by atoms with Crippen LogP contribution >= 0.6 is 0 Å². The molecule has 0 fully saturated rings. The minimum atomic E-state index is 0.741. The molecule has 0 aliphatic heterocycles. The summed E-state index contributed by atoms with van der Waals surface area (Å²) >= 11 is 0. The van der Waals surface area contributed by atoms with Crippen LogP contribution in [0, 0.1) is 24.7 Å². The molecule has 2 heterocycles. The van der Waals surface area contributed by atoms with Gasteiger partial charge >= 0.3 is 0 Å². The molecule has 50 heavy (non-hydrogen) atoms. The summed E-state index contributed by atoms with van der Waals surface area (Å²) in [5, 5.41) is 22.0.